The van der Waals surface area contributed by atoms with Gasteiger partial charge >= 0.3 is 6.55 Å². The average Bonchev–Trinajstić information content (AvgIpc) is 2.89. The highest BCUT2D eigenvalue weighted by atomic mass is 35.5. The largest absolute Gasteiger partial charge is 0.381 e. The molecule has 206 valence electrons. The van der Waals surface area contributed by atoms with Gasteiger partial charge < -0.3 is 10.1 Å². The molecule has 38 heavy (non-hydrogen) atoms. The van der Waals surface area contributed by atoms with Crippen molar-refractivity contribution < 1.29 is 26.3 Å². The molecular formula is C22H24ClF3N6O4S2. The summed E-state index contributed by atoms with van der Waals surface area (Å²) in [5.41, 5.74) is -0.665. The zero-order valence-corrected chi connectivity index (χ0v) is 22.3. The van der Waals surface area contributed by atoms with Gasteiger partial charge in [0.25, 0.3) is 5.56 Å². The Bertz CT molecular complexity index is 1370. The summed E-state index contributed by atoms with van der Waals surface area (Å²) >= 11 is 6.94. The summed E-state index contributed by atoms with van der Waals surface area (Å²) in [6.45, 7) is -2.17. The van der Waals surface area contributed by atoms with Gasteiger partial charge in [0.15, 0.2) is 9.84 Å². The average molecular weight is 593 g/mol. The monoisotopic (exact) mass is 592 g/mol. The predicted octanol–water partition coefficient (Wildman–Crippen LogP) is 3.06. The van der Waals surface area contributed by atoms with Crippen LogP contribution in [-0.2, 0) is 14.6 Å². The number of hydrogen-bond donors (Lipinski definition) is 1. The van der Waals surface area contributed by atoms with Crippen LogP contribution < -0.4 is 15.2 Å². The van der Waals surface area contributed by atoms with Crippen molar-refractivity contribution in [1.29, 1.82) is 5.26 Å². The van der Waals surface area contributed by atoms with Crippen LogP contribution in [-0.4, -0.2) is 72.9 Å². The van der Waals surface area contributed by atoms with Crippen LogP contribution in [0.1, 0.15) is 24.4 Å². The molecule has 0 amide bonds. The zero-order valence-electron chi connectivity index (χ0n) is 19.9. The minimum atomic E-state index is -3.31. The van der Waals surface area contributed by atoms with Crippen LogP contribution in [0.4, 0.5) is 24.5 Å². The molecule has 16 heteroatoms. The third-order valence-electron chi connectivity index (χ3n) is 6.25. The lowest BCUT2D eigenvalue weighted by atomic mass is 10.1. The summed E-state index contributed by atoms with van der Waals surface area (Å²) in [6.07, 6.45) is 2.15. The van der Waals surface area contributed by atoms with Crippen LogP contribution in [0, 0.1) is 17.1 Å². The Labute approximate surface area is 226 Å². The molecule has 3 heterocycles. The third-order valence-corrected chi connectivity index (χ3v) is 9.80. The molecular weight excluding hydrogens is 569 g/mol. The first-order valence-electron chi connectivity index (χ1n) is 11.6. The predicted molar refractivity (Wildman–Crippen MR) is 137 cm³/mol. The summed E-state index contributed by atoms with van der Waals surface area (Å²) in [7, 11) is -3.31. The minimum Gasteiger partial charge on any atom is -0.381 e. The van der Waals surface area contributed by atoms with Crippen molar-refractivity contribution in [3.05, 3.63) is 51.2 Å². The number of benzene rings is 1. The smallest absolute Gasteiger partial charge is 0.325 e. The van der Waals surface area contributed by atoms with Crippen molar-refractivity contribution in [1.82, 2.24) is 14.1 Å². The Hall–Kier alpha value is -2.51. The number of nitrogens with one attached hydrogen (secondary N) is 1. The highest BCUT2D eigenvalue weighted by molar-refractivity contribution is 7.98. The molecule has 1 N–H and O–H groups in total. The molecule has 2 fully saturated rings. The molecule has 2 aromatic rings. The van der Waals surface area contributed by atoms with Crippen molar-refractivity contribution >= 4 is 44.9 Å². The van der Waals surface area contributed by atoms with Crippen LogP contribution in [0.15, 0.2) is 29.2 Å². The third kappa shape index (κ3) is 6.37. The molecule has 10 nitrogen and oxygen atoms in total. The van der Waals surface area contributed by atoms with E-state index >= 15 is 0 Å². The minimum absolute atomic E-state index is 0.0171. The number of alkyl halides is 2. The van der Waals surface area contributed by atoms with E-state index in [4.69, 9.17) is 21.6 Å². The first-order valence-corrected chi connectivity index (χ1v) is 14.4. The van der Waals surface area contributed by atoms with Gasteiger partial charge in [-0.25, -0.2) is 26.1 Å². The van der Waals surface area contributed by atoms with E-state index < -0.39 is 33.0 Å². The van der Waals surface area contributed by atoms with Crippen molar-refractivity contribution in [2.75, 3.05) is 48.2 Å². The van der Waals surface area contributed by atoms with Gasteiger partial charge in [-0.1, -0.05) is 11.6 Å². The summed E-state index contributed by atoms with van der Waals surface area (Å²) in [5.74, 6) is -0.999. The van der Waals surface area contributed by atoms with Crippen molar-refractivity contribution in [2.24, 2.45) is 0 Å². The van der Waals surface area contributed by atoms with Crippen molar-refractivity contribution in [3.63, 3.8) is 0 Å². The number of anilines is 2. The fraction of sp³-hybridized carbons (Fsp3) is 0.500. The molecule has 4 rings (SSSR count). The van der Waals surface area contributed by atoms with Gasteiger partial charge in [0, 0.05) is 31.8 Å². The first-order chi connectivity index (χ1) is 18.1. The van der Waals surface area contributed by atoms with Gasteiger partial charge in [0.2, 0.25) is 0 Å². The molecule has 1 aromatic carbocycles. The highest BCUT2D eigenvalue weighted by Gasteiger charge is 2.31. The number of piperidine rings is 1. The number of aromatic nitrogens is 2. The molecule has 0 saturated carbocycles. The van der Waals surface area contributed by atoms with Crippen molar-refractivity contribution in [3.8, 4) is 6.07 Å². The zero-order chi connectivity index (χ0) is 27.4. The van der Waals surface area contributed by atoms with Gasteiger partial charge in [-0.3, -0.25) is 4.79 Å². The molecule has 2 saturated heterocycles. The summed E-state index contributed by atoms with van der Waals surface area (Å²) in [4.78, 5) is 12.9. The van der Waals surface area contributed by atoms with Crippen LogP contribution in [0.5, 0.6) is 0 Å². The summed E-state index contributed by atoms with van der Waals surface area (Å²) in [5, 5.41) is 15.0. The molecule has 1 unspecified atom stereocenters. The Morgan fingerprint density at radius 3 is 2.71 bits per heavy atom. The van der Waals surface area contributed by atoms with Crippen molar-refractivity contribution in [2.45, 2.75) is 30.7 Å². The maximum atomic E-state index is 14.3. The number of hydrogen-bond acceptors (Lipinski definition) is 10. The topological polar surface area (TPSA) is 121 Å². The fourth-order valence-electron chi connectivity index (χ4n) is 4.13. The number of rotatable bonds is 8. The number of nitriles is 1. The normalized spacial score (nSPS) is 20.3. The molecule has 1 atom stereocenters. The highest BCUT2D eigenvalue weighted by Crippen LogP contribution is 2.34. The van der Waals surface area contributed by atoms with E-state index in [1.807, 2.05) is 0 Å². The van der Waals surface area contributed by atoms with E-state index in [9.17, 15) is 26.4 Å². The van der Waals surface area contributed by atoms with Gasteiger partial charge in [-0.15, -0.1) is 0 Å². The second kappa shape index (κ2) is 12.1. The van der Waals surface area contributed by atoms with E-state index in [0.717, 1.165) is 12.1 Å². The van der Waals surface area contributed by atoms with E-state index in [-0.39, 0.29) is 53.5 Å². The maximum Gasteiger partial charge on any atom is 0.325 e. The van der Waals surface area contributed by atoms with Crippen LogP contribution in [0.2, 0.25) is 5.02 Å². The van der Waals surface area contributed by atoms with Crippen LogP contribution in [0.3, 0.4) is 0 Å². The molecule has 2 aliphatic rings. The quantitative estimate of drug-likeness (QED) is 0.362. The fourth-order valence-corrected chi connectivity index (χ4v) is 6.59. The Morgan fingerprint density at radius 2 is 2.08 bits per heavy atom. The number of sulfone groups is 1. The van der Waals surface area contributed by atoms with Gasteiger partial charge in [-0.2, -0.15) is 19.1 Å². The lowest BCUT2D eigenvalue weighted by Gasteiger charge is -2.34. The molecule has 0 radical (unpaired) electrons. The molecule has 1 aromatic heterocycles. The second-order valence-electron chi connectivity index (χ2n) is 8.69. The number of halogens is 4. The first kappa shape index (κ1) is 28.5. The maximum absolute atomic E-state index is 14.3. The van der Waals surface area contributed by atoms with Gasteiger partial charge in [0.1, 0.15) is 16.1 Å². The van der Waals surface area contributed by atoms with E-state index in [1.54, 1.807) is 10.4 Å². The molecule has 2 aliphatic heterocycles. The second-order valence-corrected chi connectivity index (χ2v) is 12.5. The SMILES string of the molecule is N#Cc1ccc(N(SN2CCC(n3ncc(NCC4COCCS4(=O)=O)c(Cl)c3=O)CC2)C(F)F)c(F)c1. The standard InChI is InChI=1S/C22H24ClF3N6O4S2/c23-20-18(28-11-16-13-36-7-8-38(16,34)35)12-29-31(21(20)33)15-3-5-30(6-4-15)37-32(22(25)26)19-2-1-14(10-27)9-17(19)24/h1-2,9,12,15-16,22,28H,3-8,11,13H2. The van der Waals surface area contributed by atoms with E-state index in [1.165, 1.54) is 16.9 Å². The Morgan fingerprint density at radius 1 is 1.34 bits per heavy atom. The molecule has 0 bridgehead atoms. The van der Waals surface area contributed by atoms with Crippen LogP contribution >= 0.6 is 23.7 Å². The summed E-state index contributed by atoms with van der Waals surface area (Å²) in [6, 6.07) is 4.73. The number of ether oxygens (including phenoxy) is 1. The van der Waals surface area contributed by atoms with Crippen LogP contribution in [0.25, 0.3) is 0 Å². The number of nitrogens with zero attached hydrogens (tertiary/aromatic N) is 5. The lowest BCUT2D eigenvalue weighted by molar-refractivity contribution is 0.140. The van der Waals surface area contributed by atoms with E-state index in [2.05, 4.69) is 10.4 Å². The molecule has 0 spiro atoms. The van der Waals surface area contributed by atoms with E-state index in [0.29, 0.717) is 42.4 Å². The molecule has 0 aliphatic carbocycles. The Kier molecular flexibility index (Phi) is 9.09. The lowest BCUT2D eigenvalue weighted by Crippen LogP contribution is -2.41. The Balaban J connectivity index is 1.38. The van der Waals surface area contributed by atoms with Gasteiger partial charge in [-0.05, 0) is 31.0 Å². The van der Waals surface area contributed by atoms with Gasteiger partial charge in [0.05, 0.1) is 54.2 Å². The summed E-state index contributed by atoms with van der Waals surface area (Å²) < 4.78 is 74.8.